The maximum absolute atomic E-state index is 12.9. The van der Waals surface area contributed by atoms with Gasteiger partial charge in [0.25, 0.3) is 5.56 Å². The standard InChI is InChI=1S/C18H24N2O4/c1-18(2,3)9-5-6-11-10-13(21)24-15-14(11)16(22)20(17(23)19-15)12-7-4-8-12/h10,12H,4-9H2,1-3H3,(H,19,23). The molecule has 0 unspecified atom stereocenters. The number of fused-ring (bicyclic) bond motifs is 1. The number of aromatic amines is 1. The first-order chi connectivity index (χ1) is 11.3. The molecule has 0 spiro atoms. The second-order valence-electron chi connectivity index (χ2n) is 7.90. The predicted molar refractivity (Wildman–Crippen MR) is 92.6 cm³/mol. The van der Waals surface area contributed by atoms with Gasteiger partial charge in [0.15, 0.2) is 0 Å². The summed E-state index contributed by atoms with van der Waals surface area (Å²) in [7, 11) is 0. The average Bonchev–Trinajstić information content (AvgIpc) is 2.38. The zero-order chi connectivity index (χ0) is 17.5. The van der Waals surface area contributed by atoms with Crippen molar-refractivity contribution in [3.63, 3.8) is 0 Å². The van der Waals surface area contributed by atoms with E-state index in [4.69, 9.17) is 4.42 Å². The van der Waals surface area contributed by atoms with Crippen LogP contribution >= 0.6 is 0 Å². The summed E-state index contributed by atoms with van der Waals surface area (Å²) in [6, 6.07) is 1.34. The molecule has 1 N–H and O–H groups in total. The van der Waals surface area contributed by atoms with Crippen LogP contribution in [0, 0.1) is 5.41 Å². The normalized spacial score (nSPS) is 15.6. The lowest BCUT2D eigenvalue weighted by molar-refractivity contribution is 0.297. The van der Waals surface area contributed by atoms with Gasteiger partial charge in [0.1, 0.15) is 5.39 Å². The van der Waals surface area contributed by atoms with Crippen LogP contribution in [-0.2, 0) is 6.42 Å². The molecule has 2 aromatic rings. The number of nitrogens with one attached hydrogen (secondary N) is 1. The Morgan fingerprint density at radius 2 is 1.96 bits per heavy atom. The van der Waals surface area contributed by atoms with Gasteiger partial charge in [-0.2, -0.15) is 0 Å². The van der Waals surface area contributed by atoms with Crippen LogP contribution in [0.15, 0.2) is 24.9 Å². The number of hydrogen-bond donors (Lipinski definition) is 1. The molecule has 1 aliphatic rings. The van der Waals surface area contributed by atoms with Crippen LogP contribution in [0.2, 0.25) is 0 Å². The first-order valence-electron chi connectivity index (χ1n) is 8.58. The fourth-order valence-corrected chi connectivity index (χ4v) is 3.22. The van der Waals surface area contributed by atoms with Crippen LogP contribution in [0.4, 0.5) is 0 Å². The van der Waals surface area contributed by atoms with Gasteiger partial charge in [-0.25, -0.2) is 9.59 Å². The Labute approximate surface area is 139 Å². The van der Waals surface area contributed by atoms with Crippen LogP contribution in [0.3, 0.4) is 0 Å². The summed E-state index contributed by atoms with van der Waals surface area (Å²) in [5.74, 6) is 0. The molecule has 0 saturated heterocycles. The minimum absolute atomic E-state index is 0.00108. The summed E-state index contributed by atoms with van der Waals surface area (Å²) in [6.07, 6.45) is 5.16. The molecule has 2 aromatic heterocycles. The largest absolute Gasteiger partial charge is 0.405 e. The molecule has 0 atom stereocenters. The molecule has 0 aromatic carbocycles. The quantitative estimate of drug-likeness (QED) is 0.933. The van der Waals surface area contributed by atoms with E-state index in [0.717, 1.165) is 32.1 Å². The Morgan fingerprint density at radius 3 is 2.54 bits per heavy atom. The van der Waals surface area contributed by atoms with Crippen LogP contribution in [-0.4, -0.2) is 9.55 Å². The fourth-order valence-electron chi connectivity index (χ4n) is 3.22. The highest BCUT2D eigenvalue weighted by atomic mass is 16.4. The molecule has 0 bridgehead atoms. The van der Waals surface area contributed by atoms with Crippen LogP contribution < -0.4 is 16.9 Å². The molecule has 1 aliphatic carbocycles. The molecule has 3 rings (SSSR count). The van der Waals surface area contributed by atoms with Gasteiger partial charge in [0.2, 0.25) is 5.71 Å². The fraction of sp³-hybridized carbons (Fsp3) is 0.611. The van der Waals surface area contributed by atoms with Crippen molar-refractivity contribution in [2.45, 2.75) is 65.3 Å². The number of nitrogens with zero attached hydrogens (tertiary/aromatic N) is 1. The summed E-state index contributed by atoms with van der Waals surface area (Å²) in [6.45, 7) is 6.47. The van der Waals surface area contributed by atoms with Crippen LogP contribution in [0.5, 0.6) is 0 Å². The molecule has 0 radical (unpaired) electrons. The van der Waals surface area contributed by atoms with Crippen molar-refractivity contribution >= 4 is 11.1 Å². The van der Waals surface area contributed by atoms with E-state index in [9.17, 15) is 14.4 Å². The second-order valence-corrected chi connectivity index (χ2v) is 7.90. The Morgan fingerprint density at radius 1 is 1.25 bits per heavy atom. The van der Waals surface area contributed by atoms with E-state index < -0.39 is 11.3 Å². The van der Waals surface area contributed by atoms with E-state index in [1.165, 1.54) is 10.6 Å². The number of aryl methyl sites for hydroxylation is 1. The van der Waals surface area contributed by atoms with Gasteiger partial charge in [-0.15, -0.1) is 0 Å². The van der Waals surface area contributed by atoms with E-state index in [1.807, 2.05) is 0 Å². The SMILES string of the molecule is CC(C)(C)CCCc1cc(=O)oc2[nH]c(=O)n(C3CCC3)c(=O)c12. The van der Waals surface area contributed by atoms with Crippen molar-refractivity contribution in [1.29, 1.82) is 0 Å². The van der Waals surface area contributed by atoms with Crippen molar-refractivity contribution in [2.75, 3.05) is 0 Å². The van der Waals surface area contributed by atoms with Crippen molar-refractivity contribution in [3.05, 3.63) is 42.9 Å². The molecule has 1 fully saturated rings. The molecule has 0 amide bonds. The van der Waals surface area contributed by atoms with Gasteiger partial charge >= 0.3 is 11.3 Å². The molecule has 24 heavy (non-hydrogen) atoms. The minimum atomic E-state index is -0.537. The van der Waals surface area contributed by atoms with E-state index in [-0.39, 0.29) is 22.7 Å². The topological polar surface area (TPSA) is 85.1 Å². The Balaban J connectivity index is 2.09. The van der Waals surface area contributed by atoms with Gasteiger partial charge in [0.05, 0.1) is 0 Å². The van der Waals surface area contributed by atoms with Crippen molar-refractivity contribution in [1.82, 2.24) is 9.55 Å². The average molecular weight is 332 g/mol. The van der Waals surface area contributed by atoms with Gasteiger partial charge in [0, 0.05) is 12.1 Å². The first-order valence-corrected chi connectivity index (χ1v) is 8.58. The molecule has 6 heteroatoms. The van der Waals surface area contributed by atoms with Gasteiger partial charge < -0.3 is 4.42 Å². The molecular formula is C18H24N2O4. The van der Waals surface area contributed by atoms with Crippen molar-refractivity contribution in [3.8, 4) is 0 Å². The summed E-state index contributed by atoms with van der Waals surface area (Å²) >= 11 is 0. The van der Waals surface area contributed by atoms with E-state index in [2.05, 4.69) is 25.8 Å². The number of hydrogen-bond acceptors (Lipinski definition) is 4. The summed E-state index contributed by atoms with van der Waals surface area (Å²) < 4.78 is 6.36. The summed E-state index contributed by atoms with van der Waals surface area (Å²) in [4.78, 5) is 39.4. The van der Waals surface area contributed by atoms with E-state index >= 15 is 0 Å². The van der Waals surface area contributed by atoms with E-state index in [0.29, 0.717) is 17.4 Å². The molecule has 6 nitrogen and oxygen atoms in total. The Hall–Kier alpha value is -2.11. The zero-order valence-electron chi connectivity index (χ0n) is 14.5. The number of aromatic nitrogens is 2. The maximum atomic E-state index is 12.9. The zero-order valence-corrected chi connectivity index (χ0v) is 14.5. The van der Waals surface area contributed by atoms with Gasteiger partial charge in [-0.1, -0.05) is 20.8 Å². The lowest BCUT2D eigenvalue weighted by Gasteiger charge is -2.26. The Kier molecular flexibility index (Phi) is 4.24. The van der Waals surface area contributed by atoms with Gasteiger partial charge in [-0.3, -0.25) is 14.3 Å². The molecular weight excluding hydrogens is 308 g/mol. The Bertz CT molecular complexity index is 923. The second kappa shape index (κ2) is 6.07. The minimum Gasteiger partial charge on any atom is -0.405 e. The lowest BCUT2D eigenvalue weighted by Crippen LogP contribution is -2.41. The predicted octanol–water partition coefficient (Wildman–Crippen LogP) is 2.74. The third-order valence-corrected chi connectivity index (χ3v) is 4.73. The monoisotopic (exact) mass is 332 g/mol. The molecule has 130 valence electrons. The third-order valence-electron chi connectivity index (χ3n) is 4.73. The first kappa shape index (κ1) is 16.7. The molecule has 0 aliphatic heterocycles. The van der Waals surface area contributed by atoms with Crippen molar-refractivity contribution in [2.24, 2.45) is 5.41 Å². The smallest absolute Gasteiger partial charge is 0.337 e. The van der Waals surface area contributed by atoms with Crippen molar-refractivity contribution < 1.29 is 4.42 Å². The molecule has 1 saturated carbocycles. The number of rotatable bonds is 4. The molecule has 2 heterocycles. The van der Waals surface area contributed by atoms with Crippen LogP contribution in [0.25, 0.3) is 11.1 Å². The summed E-state index contributed by atoms with van der Waals surface area (Å²) in [5.41, 5.74) is -0.515. The highest BCUT2D eigenvalue weighted by Gasteiger charge is 2.25. The third kappa shape index (κ3) is 3.23. The lowest BCUT2D eigenvalue weighted by atomic mass is 9.89. The van der Waals surface area contributed by atoms with E-state index in [1.54, 1.807) is 0 Å². The maximum Gasteiger partial charge on any atom is 0.337 e. The summed E-state index contributed by atoms with van der Waals surface area (Å²) in [5, 5.41) is 0.343. The van der Waals surface area contributed by atoms with Gasteiger partial charge in [-0.05, 0) is 49.5 Å². The highest BCUT2D eigenvalue weighted by Crippen LogP contribution is 2.29. The number of H-pyrrole nitrogens is 1. The highest BCUT2D eigenvalue weighted by molar-refractivity contribution is 5.75. The van der Waals surface area contributed by atoms with Crippen LogP contribution in [0.1, 0.15) is 64.5 Å².